The predicted octanol–water partition coefficient (Wildman–Crippen LogP) is 5.85. The third-order valence-corrected chi connectivity index (χ3v) is 6.65. The number of fused-ring (bicyclic) bond motifs is 2. The number of benzene rings is 2. The molecular formula is C26H31N3O2. The Kier molecular flexibility index (Phi) is 5.49. The van der Waals surface area contributed by atoms with E-state index in [4.69, 9.17) is 4.74 Å². The molecule has 162 valence electrons. The summed E-state index contributed by atoms with van der Waals surface area (Å²) in [5.41, 5.74) is 4.74. The maximum absolute atomic E-state index is 10.5. The molecule has 5 rings (SSSR count). The van der Waals surface area contributed by atoms with E-state index in [-0.39, 0.29) is 0 Å². The first-order valence-corrected chi connectivity index (χ1v) is 11.4. The average molecular weight is 418 g/mol. The van der Waals surface area contributed by atoms with Crippen molar-refractivity contribution in [1.82, 2.24) is 9.55 Å². The third kappa shape index (κ3) is 3.85. The van der Waals surface area contributed by atoms with Crippen LogP contribution in [-0.2, 0) is 13.0 Å². The zero-order chi connectivity index (χ0) is 21.2. The Morgan fingerprint density at radius 2 is 1.87 bits per heavy atom. The van der Waals surface area contributed by atoms with E-state index in [1.165, 1.54) is 41.1 Å². The van der Waals surface area contributed by atoms with Crippen molar-refractivity contribution in [2.24, 2.45) is 0 Å². The van der Waals surface area contributed by atoms with Crippen LogP contribution in [0, 0.1) is 0 Å². The lowest BCUT2D eigenvalue weighted by Gasteiger charge is -2.30. The zero-order valence-electron chi connectivity index (χ0n) is 18.2. The molecule has 31 heavy (non-hydrogen) atoms. The van der Waals surface area contributed by atoms with Crippen LogP contribution in [0.25, 0.3) is 21.8 Å². The second kappa shape index (κ2) is 8.58. The number of aromatic nitrogens is 2. The Balaban J connectivity index is 1.26. The van der Waals surface area contributed by atoms with Crippen LogP contribution in [0.15, 0.2) is 48.8 Å². The standard InChI is InChI=1S/C26H31N3O2/c1-31-20-8-9-21-19(18-27-23(21)17-20)7-3-6-13-28-16-12-22-24(28)10-11-25(30)26(22)29-14-4-2-5-15-29/h8-12,16-18,27,30H,2-7,13-15H2,1H3. The quantitative estimate of drug-likeness (QED) is 0.371. The number of hydrogen-bond acceptors (Lipinski definition) is 3. The molecule has 0 spiro atoms. The molecule has 0 atom stereocenters. The first-order valence-electron chi connectivity index (χ1n) is 11.4. The molecule has 0 bridgehead atoms. The summed E-state index contributed by atoms with van der Waals surface area (Å²) in [6.07, 6.45) is 11.3. The Morgan fingerprint density at radius 1 is 1.00 bits per heavy atom. The minimum Gasteiger partial charge on any atom is -0.506 e. The summed E-state index contributed by atoms with van der Waals surface area (Å²) in [7, 11) is 1.70. The van der Waals surface area contributed by atoms with Gasteiger partial charge in [0.25, 0.3) is 0 Å². The molecule has 5 heteroatoms. The molecule has 2 aromatic heterocycles. The van der Waals surface area contributed by atoms with Crippen molar-refractivity contribution in [3.05, 3.63) is 54.4 Å². The average Bonchev–Trinajstić information content (AvgIpc) is 3.40. The number of nitrogens with one attached hydrogen (secondary N) is 1. The number of methoxy groups -OCH3 is 1. The van der Waals surface area contributed by atoms with Crippen LogP contribution in [0.1, 0.15) is 37.7 Å². The Morgan fingerprint density at radius 3 is 2.71 bits per heavy atom. The van der Waals surface area contributed by atoms with E-state index in [1.54, 1.807) is 7.11 Å². The maximum Gasteiger partial charge on any atom is 0.139 e. The van der Waals surface area contributed by atoms with E-state index in [0.717, 1.165) is 55.9 Å². The van der Waals surface area contributed by atoms with Gasteiger partial charge in [-0.25, -0.2) is 0 Å². The van der Waals surface area contributed by atoms with E-state index in [1.807, 2.05) is 12.1 Å². The van der Waals surface area contributed by atoms with Gasteiger partial charge >= 0.3 is 0 Å². The molecule has 2 N–H and O–H groups in total. The molecule has 1 aliphatic heterocycles. The van der Waals surface area contributed by atoms with Crippen LogP contribution in [0.3, 0.4) is 0 Å². The molecular weight excluding hydrogens is 386 g/mol. The fourth-order valence-electron chi connectivity index (χ4n) is 4.99. The van der Waals surface area contributed by atoms with Crippen LogP contribution in [0.5, 0.6) is 11.5 Å². The van der Waals surface area contributed by atoms with Crippen LogP contribution < -0.4 is 9.64 Å². The highest BCUT2D eigenvalue weighted by atomic mass is 16.5. The third-order valence-electron chi connectivity index (χ3n) is 6.65. The molecule has 0 radical (unpaired) electrons. The number of nitrogens with zero attached hydrogens (tertiary/aromatic N) is 2. The molecule has 3 heterocycles. The van der Waals surface area contributed by atoms with Crippen LogP contribution >= 0.6 is 0 Å². The van der Waals surface area contributed by atoms with Gasteiger partial charge in [-0.3, -0.25) is 0 Å². The number of phenolic OH excluding ortho intramolecular Hbond substituents is 1. The predicted molar refractivity (Wildman–Crippen MR) is 127 cm³/mol. The highest BCUT2D eigenvalue weighted by Gasteiger charge is 2.18. The molecule has 4 aromatic rings. The number of aromatic hydroxyl groups is 1. The molecule has 5 nitrogen and oxygen atoms in total. The van der Waals surface area contributed by atoms with Crippen molar-refractivity contribution in [3.8, 4) is 11.5 Å². The number of aromatic amines is 1. The van der Waals surface area contributed by atoms with E-state index < -0.39 is 0 Å². The lowest BCUT2D eigenvalue weighted by molar-refractivity contribution is 0.415. The van der Waals surface area contributed by atoms with Gasteiger partial charge in [-0.05, 0) is 74.4 Å². The van der Waals surface area contributed by atoms with Crippen LogP contribution in [-0.4, -0.2) is 34.9 Å². The minimum atomic E-state index is 0.406. The van der Waals surface area contributed by atoms with Crippen LogP contribution in [0.4, 0.5) is 5.69 Å². The normalized spacial score (nSPS) is 14.5. The van der Waals surface area contributed by atoms with Gasteiger partial charge in [0.1, 0.15) is 11.5 Å². The molecule has 0 amide bonds. The van der Waals surface area contributed by atoms with E-state index in [2.05, 4.69) is 51.1 Å². The number of unbranched alkanes of at least 4 members (excludes halogenated alkanes) is 1. The first kappa shape index (κ1) is 19.9. The smallest absolute Gasteiger partial charge is 0.139 e. The number of piperidine rings is 1. The van der Waals surface area contributed by atoms with E-state index in [0.29, 0.717) is 5.75 Å². The fourth-order valence-corrected chi connectivity index (χ4v) is 4.99. The van der Waals surface area contributed by atoms with Gasteiger partial charge in [0.05, 0.1) is 18.3 Å². The van der Waals surface area contributed by atoms with Crippen molar-refractivity contribution in [3.63, 3.8) is 0 Å². The summed E-state index contributed by atoms with van der Waals surface area (Å²) in [6, 6.07) is 12.3. The highest BCUT2D eigenvalue weighted by molar-refractivity contribution is 5.96. The van der Waals surface area contributed by atoms with Crippen molar-refractivity contribution in [2.45, 2.75) is 45.1 Å². The summed E-state index contributed by atoms with van der Waals surface area (Å²) < 4.78 is 7.66. The second-order valence-corrected chi connectivity index (χ2v) is 8.61. The largest absolute Gasteiger partial charge is 0.506 e. The van der Waals surface area contributed by atoms with Gasteiger partial charge in [-0.1, -0.05) is 0 Å². The molecule has 1 aliphatic rings. The number of rotatable bonds is 7. The Bertz CT molecular complexity index is 1180. The highest BCUT2D eigenvalue weighted by Crippen LogP contribution is 2.37. The van der Waals surface area contributed by atoms with E-state index in [9.17, 15) is 5.11 Å². The molecule has 0 saturated carbocycles. The number of H-pyrrole nitrogens is 1. The van der Waals surface area contributed by atoms with Gasteiger partial charge in [-0.2, -0.15) is 0 Å². The van der Waals surface area contributed by atoms with Crippen molar-refractivity contribution in [2.75, 3.05) is 25.1 Å². The number of phenols is 1. The van der Waals surface area contributed by atoms with Gasteiger partial charge in [0.15, 0.2) is 0 Å². The number of hydrogen-bond donors (Lipinski definition) is 2. The van der Waals surface area contributed by atoms with E-state index >= 15 is 0 Å². The van der Waals surface area contributed by atoms with Crippen molar-refractivity contribution < 1.29 is 9.84 Å². The Hall–Kier alpha value is -3.08. The molecule has 0 unspecified atom stereocenters. The van der Waals surface area contributed by atoms with Crippen molar-refractivity contribution in [1.29, 1.82) is 0 Å². The molecule has 0 aliphatic carbocycles. The number of aryl methyl sites for hydroxylation is 2. The molecule has 2 aromatic carbocycles. The van der Waals surface area contributed by atoms with Crippen LogP contribution in [0.2, 0.25) is 0 Å². The summed E-state index contributed by atoms with van der Waals surface area (Å²) in [5, 5.41) is 13.0. The molecule has 1 fully saturated rings. The zero-order valence-corrected chi connectivity index (χ0v) is 18.2. The van der Waals surface area contributed by atoms with Gasteiger partial charge in [-0.15, -0.1) is 0 Å². The lowest BCUT2D eigenvalue weighted by atomic mass is 10.1. The van der Waals surface area contributed by atoms with Crippen molar-refractivity contribution >= 4 is 27.5 Å². The second-order valence-electron chi connectivity index (χ2n) is 8.61. The Labute approximate surface area is 183 Å². The topological polar surface area (TPSA) is 53.4 Å². The lowest BCUT2D eigenvalue weighted by Crippen LogP contribution is -2.29. The minimum absolute atomic E-state index is 0.406. The number of ether oxygens (including phenoxy) is 1. The van der Waals surface area contributed by atoms with Gasteiger partial charge < -0.3 is 24.3 Å². The van der Waals surface area contributed by atoms with Gasteiger partial charge in [0.2, 0.25) is 0 Å². The SMILES string of the molecule is COc1ccc2c(CCCCn3ccc4c(N5CCCCC5)c(O)ccc43)c[nH]c2c1. The summed E-state index contributed by atoms with van der Waals surface area (Å²) in [5.74, 6) is 1.29. The maximum atomic E-state index is 10.5. The first-order chi connectivity index (χ1) is 15.2. The summed E-state index contributed by atoms with van der Waals surface area (Å²) >= 11 is 0. The number of anilines is 1. The summed E-state index contributed by atoms with van der Waals surface area (Å²) in [4.78, 5) is 5.73. The summed E-state index contributed by atoms with van der Waals surface area (Å²) in [6.45, 7) is 3.06. The van der Waals surface area contributed by atoms with Gasteiger partial charge in [0, 0.05) is 54.4 Å². The monoisotopic (exact) mass is 417 g/mol. The fraction of sp³-hybridized carbons (Fsp3) is 0.385. The molecule has 1 saturated heterocycles.